The highest BCUT2D eigenvalue weighted by atomic mass is 35.5. The smallest absolute Gasteiger partial charge is 0.255 e. The second-order valence-electron chi connectivity index (χ2n) is 7.80. The minimum atomic E-state index is -0.260. The van der Waals surface area contributed by atoms with Gasteiger partial charge in [0, 0.05) is 57.2 Å². The van der Waals surface area contributed by atoms with E-state index in [0.717, 1.165) is 5.56 Å². The van der Waals surface area contributed by atoms with E-state index in [0.29, 0.717) is 56.7 Å². The molecule has 2 aromatic carbocycles. The summed E-state index contributed by atoms with van der Waals surface area (Å²) in [6.45, 7) is 6.24. The summed E-state index contributed by atoms with van der Waals surface area (Å²) >= 11 is 7.27. The van der Waals surface area contributed by atoms with Crippen molar-refractivity contribution in [2.75, 3.05) is 18.5 Å². The maximum atomic E-state index is 12.7. The number of amides is 2. The van der Waals surface area contributed by atoms with Gasteiger partial charge in [-0.1, -0.05) is 30.3 Å². The monoisotopic (exact) mass is 525 g/mol. The topological polar surface area (TPSA) is 114 Å². The van der Waals surface area contributed by atoms with E-state index >= 15 is 0 Å². The molecule has 3 aromatic rings. The van der Waals surface area contributed by atoms with Crippen LogP contribution in [-0.4, -0.2) is 30.1 Å². The molecule has 0 fully saturated rings. The number of nitrogens with one attached hydrogen (secondary N) is 2. The lowest BCUT2D eigenvalue weighted by Gasteiger charge is -2.12. The molecule has 188 valence electrons. The number of rotatable bonds is 11. The van der Waals surface area contributed by atoms with Crippen LogP contribution in [0.25, 0.3) is 11.3 Å². The predicted molar refractivity (Wildman–Crippen MR) is 146 cm³/mol. The van der Waals surface area contributed by atoms with Crippen LogP contribution >= 0.6 is 22.9 Å². The second kappa shape index (κ2) is 12.9. The van der Waals surface area contributed by atoms with Crippen LogP contribution in [0.4, 0.5) is 5.69 Å². The summed E-state index contributed by atoms with van der Waals surface area (Å²) in [5.41, 5.74) is 9.44. The first-order valence-corrected chi connectivity index (χ1v) is 12.5. The molecule has 5 N–H and O–H groups in total. The highest BCUT2D eigenvalue weighted by Gasteiger charge is 2.21. The number of nitrogens with two attached hydrogens (primary N) is 1. The Morgan fingerprint density at radius 2 is 1.97 bits per heavy atom. The lowest BCUT2D eigenvalue weighted by Crippen LogP contribution is -2.26. The van der Waals surface area contributed by atoms with Gasteiger partial charge in [0.25, 0.3) is 11.8 Å². The van der Waals surface area contributed by atoms with Gasteiger partial charge in [-0.25, -0.2) is 0 Å². The number of hydrogen-bond acceptors (Lipinski definition) is 6. The molecule has 0 saturated carbocycles. The quantitative estimate of drug-likeness (QED) is 0.206. The predicted octanol–water partition coefficient (Wildman–Crippen LogP) is 5.06. The molecule has 0 unspecified atom stereocenters. The number of hydrogen-bond donors (Lipinski definition) is 4. The maximum absolute atomic E-state index is 12.7. The Bertz CT molecular complexity index is 1270. The number of carbonyl (C=O) groups is 2. The molecule has 9 heteroatoms. The van der Waals surface area contributed by atoms with Gasteiger partial charge >= 0.3 is 0 Å². The second-order valence-corrected chi connectivity index (χ2v) is 9.12. The van der Waals surface area contributed by atoms with E-state index < -0.39 is 0 Å². The molecule has 0 atom stereocenters. The highest BCUT2D eigenvalue weighted by molar-refractivity contribution is 7.12. The van der Waals surface area contributed by atoms with Crippen LogP contribution in [0.15, 0.2) is 66.6 Å². The zero-order valence-corrected chi connectivity index (χ0v) is 21.4. The van der Waals surface area contributed by atoms with E-state index in [4.69, 9.17) is 27.2 Å². The Balaban J connectivity index is 1.72. The molecular formula is C27H28ClN3O4S. The van der Waals surface area contributed by atoms with Crippen LogP contribution in [-0.2, 0) is 11.4 Å². The van der Waals surface area contributed by atoms with Crippen molar-refractivity contribution in [3.8, 4) is 5.75 Å². The Morgan fingerprint density at radius 1 is 1.22 bits per heavy atom. The molecule has 36 heavy (non-hydrogen) atoms. The number of aliphatic hydroxyl groups is 1. The SMILES string of the molecule is C=C(N)c1c(COc2cccc(NC(=O)c3ccc(Cl)cc3)c2)csc1/C(=C\C)C(=O)NCCCO. The zero-order valence-electron chi connectivity index (χ0n) is 19.8. The van der Waals surface area contributed by atoms with Crippen molar-refractivity contribution >= 4 is 51.7 Å². The molecule has 0 aliphatic heterocycles. The summed E-state index contributed by atoms with van der Waals surface area (Å²) in [7, 11) is 0. The number of anilines is 1. The summed E-state index contributed by atoms with van der Waals surface area (Å²) < 4.78 is 5.99. The van der Waals surface area contributed by atoms with E-state index in [2.05, 4.69) is 17.2 Å². The zero-order chi connectivity index (χ0) is 26.1. The summed E-state index contributed by atoms with van der Waals surface area (Å²) in [4.78, 5) is 25.9. The minimum absolute atomic E-state index is 0.00278. The fourth-order valence-electron chi connectivity index (χ4n) is 3.42. The number of halogens is 1. The summed E-state index contributed by atoms with van der Waals surface area (Å²) in [6.07, 6.45) is 2.20. The van der Waals surface area contributed by atoms with Crippen molar-refractivity contribution in [2.45, 2.75) is 20.0 Å². The van der Waals surface area contributed by atoms with Gasteiger partial charge in [-0.3, -0.25) is 9.59 Å². The minimum Gasteiger partial charge on any atom is -0.489 e. The molecule has 0 spiro atoms. The normalized spacial score (nSPS) is 11.1. The average Bonchev–Trinajstić information content (AvgIpc) is 3.28. The first-order chi connectivity index (χ1) is 17.3. The first-order valence-electron chi connectivity index (χ1n) is 11.2. The molecule has 0 radical (unpaired) electrons. The molecule has 7 nitrogen and oxygen atoms in total. The molecule has 0 aliphatic carbocycles. The van der Waals surface area contributed by atoms with E-state index in [1.54, 1.807) is 61.5 Å². The first kappa shape index (κ1) is 27.0. The molecular weight excluding hydrogens is 498 g/mol. The third-order valence-corrected chi connectivity index (χ3v) is 6.49. The Hall–Kier alpha value is -3.59. The third-order valence-electron chi connectivity index (χ3n) is 5.18. The van der Waals surface area contributed by atoms with Crippen LogP contribution in [0.3, 0.4) is 0 Å². The van der Waals surface area contributed by atoms with Crippen molar-refractivity contribution < 1.29 is 19.4 Å². The lowest BCUT2D eigenvalue weighted by molar-refractivity contribution is -0.115. The van der Waals surface area contributed by atoms with Crippen LogP contribution < -0.4 is 21.1 Å². The van der Waals surface area contributed by atoms with Gasteiger partial charge in [0.15, 0.2) is 0 Å². The molecule has 0 saturated heterocycles. The summed E-state index contributed by atoms with van der Waals surface area (Å²) in [5.74, 6) is 0.0503. The van der Waals surface area contributed by atoms with Crippen molar-refractivity contribution in [3.05, 3.63) is 93.2 Å². The molecule has 2 amide bonds. The van der Waals surface area contributed by atoms with E-state index in [9.17, 15) is 9.59 Å². The molecule has 1 aromatic heterocycles. The molecule has 0 bridgehead atoms. The Morgan fingerprint density at radius 3 is 2.64 bits per heavy atom. The largest absolute Gasteiger partial charge is 0.489 e. The van der Waals surface area contributed by atoms with Crippen LogP contribution in [0.2, 0.25) is 5.02 Å². The van der Waals surface area contributed by atoms with Gasteiger partial charge in [-0.15, -0.1) is 11.3 Å². The molecule has 0 aliphatic rings. The van der Waals surface area contributed by atoms with Gasteiger partial charge < -0.3 is 26.2 Å². The summed E-state index contributed by atoms with van der Waals surface area (Å²) in [6, 6.07) is 13.7. The van der Waals surface area contributed by atoms with E-state index in [1.807, 2.05) is 5.38 Å². The summed E-state index contributed by atoms with van der Waals surface area (Å²) in [5, 5.41) is 17.0. The van der Waals surface area contributed by atoms with Crippen LogP contribution in [0, 0.1) is 0 Å². The van der Waals surface area contributed by atoms with E-state index in [1.165, 1.54) is 11.3 Å². The average molecular weight is 526 g/mol. The van der Waals surface area contributed by atoms with E-state index in [-0.39, 0.29) is 25.0 Å². The highest BCUT2D eigenvalue weighted by Crippen LogP contribution is 2.33. The van der Waals surface area contributed by atoms with Gasteiger partial charge in [0.2, 0.25) is 0 Å². The standard InChI is InChI=1S/C27H28ClN3O4S/c1-3-23(27(34)30-12-5-13-32)25-24(17(2)29)19(16-36-25)15-35-22-7-4-6-21(14-22)31-26(33)18-8-10-20(28)11-9-18/h3-4,6-11,14,16,32H,2,5,12-13,15,29H2,1H3,(H,30,34)(H,31,33)/b23-3+. The number of carbonyl (C=O) groups excluding carboxylic acids is 2. The molecule has 1 heterocycles. The van der Waals surface area contributed by atoms with Crippen LogP contribution in [0.1, 0.15) is 39.7 Å². The number of benzene rings is 2. The van der Waals surface area contributed by atoms with Crippen molar-refractivity contribution in [3.63, 3.8) is 0 Å². The van der Waals surface area contributed by atoms with Crippen molar-refractivity contribution in [1.82, 2.24) is 5.32 Å². The fraction of sp³-hybridized carbons (Fsp3) is 0.185. The Labute approximate surface area is 219 Å². The van der Waals surface area contributed by atoms with Crippen LogP contribution in [0.5, 0.6) is 5.75 Å². The van der Waals surface area contributed by atoms with Gasteiger partial charge in [0.05, 0.1) is 5.57 Å². The fourth-order valence-corrected chi connectivity index (χ4v) is 4.71. The third kappa shape index (κ3) is 6.97. The van der Waals surface area contributed by atoms with Gasteiger partial charge in [0.1, 0.15) is 12.4 Å². The Kier molecular flexibility index (Phi) is 9.69. The number of allylic oxidation sites excluding steroid dienone is 1. The number of thiophene rings is 1. The van der Waals surface area contributed by atoms with Crippen molar-refractivity contribution in [2.24, 2.45) is 5.73 Å². The lowest BCUT2D eigenvalue weighted by atomic mass is 10.0. The van der Waals surface area contributed by atoms with Gasteiger partial charge in [-0.05, 0) is 55.1 Å². The number of aliphatic hydroxyl groups excluding tert-OH is 1. The van der Waals surface area contributed by atoms with Gasteiger partial charge in [-0.2, -0.15) is 0 Å². The molecule has 3 rings (SSSR count). The maximum Gasteiger partial charge on any atom is 0.255 e. The number of ether oxygens (including phenoxy) is 1. The van der Waals surface area contributed by atoms with Crippen molar-refractivity contribution in [1.29, 1.82) is 0 Å².